The van der Waals surface area contributed by atoms with E-state index in [-0.39, 0.29) is 51.4 Å². The van der Waals surface area contributed by atoms with Crippen LogP contribution in [-0.2, 0) is 18.9 Å². The third-order valence-corrected chi connectivity index (χ3v) is 17.1. The average Bonchev–Trinajstić information content (AvgIpc) is 3.71. The van der Waals surface area contributed by atoms with E-state index < -0.39 is 92.2 Å². The van der Waals surface area contributed by atoms with E-state index >= 15 is 0 Å². The zero-order valence-electron chi connectivity index (χ0n) is 33.8. The molecule has 2 spiro atoms. The zero-order valence-corrected chi connectivity index (χ0v) is 33.8. The van der Waals surface area contributed by atoms with Gasteiger partial charge in [0.15, 0.2) is 12.6 Å². The van der Waals surface area contributed by atoms with Gasteiger partial charge in [-0.15, -0.1) is 0 Å². The highest BCUT2D eigenvalue weighted by Crippen LogP contribution is 2.89. The molecular weight excluding hydrogens is 712 g/mol. The third kappa shape index (κ3) is 6.27. The van der Waals surface area contributed by atoms with E-state index in [2.05, 4.69) is 54.5 Å². The first kappa shape index (κ1) is 42.3. The van der Waals surface area contributed by atoms with Crippen molar-refractivity contribution in [2.45, 2.75) is 186 Å². The van der Waals surface area contributed by atoms with Gasteiger partial charge in [-0.05, 0) is 122 Å². The van der Waals surface area contributed by atoms with E-state index in [1.807, 2.05) is 0 Å². The summed E-state index contributed by atoms with van der Waals surface area (Å²) < 4.78 is 24.9. The minimum atomic E-state index is -1.53. The molecule has 13 nitrogen and oxygen atoms in total. The molecule has 2 saturated heterocycles. The number of ether oxygens (including phenoxy) is 4. The van der Waals surface area contributed by atoms with Crippen LogP contribution in [0.25, 0.3) is 0 Å². The molecule has 2 aliphatic heterocycles. The van der Waals surface area contributed by atoms with Gasteiger partial charge in [-0.3, -0.25) is 0 Å². The van der Waals surface area contributed by atoms with Crippen molar-refractivity contribution in [2.75, 3.05) is 13.2 Å². The van der Waals surface area contributed by atoms with Crippen LogP contribution in [0.4, 0.5) is 0 Å². The Morgan fingerprint density at radius 3 is 1.89 bits per heavy atom. The molecule has 7 rings (SSSR count). The van der Waals surface area contributed by atoms with Crippen molar-refractivity contribution in [1.29, 1.82) is 0 Å². The second-order valence-electron chi connectivity index (χ2n) is 20.3. The van der Waals surface area contributed by atoms with Gasteiger partial charge in [0.1, 0.15) is 48.8 Å². The van der Waals surface area contributed by atoms with Crippen molar-refractivity contribution in [1.82, 2.24) is 0 Å². The topological polar surface area (TPSA) is 219 Å². The van der Waals surface area contributed by atoms with Gasteiger partial charge in [0.25, 0.3) is 0 Å². The summed E-state index contributed by atoms with van der Waals surface area (Å²) in [6.07, 6.45) is -5.00. The van der Waals surface area contributed by atoms with Crippen LogP contribution in [0.5, 0.6) is 0 Å². The quantitative estimate of drug-likeness (QED) is 0.114. The predicted molar refractivity (Wildman–Crippen MR) is 199 cm³/mol. The summed E-state index contributed by atoms with van der Waals surface area (Å²) in [6, 6.07) is 0. The molecule has 5 aliphatic carbocycles. The highest BCUT2D eigenvalue weighted by molar-refractivity contribution is 5.32. The first-order valence-electron chi connectivity index (χ1n) is 21.0. The maximum atomic E-state index is 12.4. The minimum absolute atomic E-state index is 0.00438. The molecule has 9 N–H and O–H groups in total. The SMILES string of the molecule is CC(C)=CCCC(C)C1C(OC2OC(CO)C(O)C(O)C2O)CC2(C)C3CC(O)C4C(C)(C)C(OC5OC(CO)C(O)C(O)C5O)CCC45CC35CCC12C. The Morgan fingerprint density at radius 1 is 0.745 bits per heavy atom. The molecule has 0 amide bonds. The van der Waals surface area contributed by atoms with E-state index in [9.17, 15) is 46.0 Å². The highest BCUT2D eigenvalue weighted by Gasteiger charge is 2.84. The van der Waals surface area contributed by atoms with E-state index in [4.69, 9.17) is 18.9 Å². The molecule has 21 atom stereocenters. The molecule has 0 radical (unpaired) electrons. The summed E-state index contributed by atoms with van der Waals surface area (Å²) in [7, 11) is 0. The van der Waals surface area contributed by atoms with Crippen LogP contribution >= 0.6 is 0 Å². The summed E-state index contributed by atoms with van der Waals surface area (Å²) in [6.45, 7) is 14.5. The molecule has 2 heterocycles. The van der Waals surface area contributed by atoms with Crippen LogP contribution in [0.1, 0.15) is 106 Å². The molecule has 13 heteroatoms. The lowest BCUT2D eigenvalue weighted by atomic mass is 9.41. The fourth-order valence-corrected chi connectivity index (χ4v) is 14.3. The van der Waals surface area contributed by atoms with Crippen molar-refractivity contribution in [3.63, 3.8) is 0 Å². The smallest absolute Gasteiger partial charge is 0.186 e. The Balaban J connectivity index is 1.17. The Labute approximate surface area is 326 Å². The van der Waals surface area contributed by atoms with Crippen molar-refractivity contribution < 1.29 is 64.9 Å². The fraction of sp³-hybridized carbons (Fsp3) is 0.952. The third-order valence-electron chi connectivity index (χ3n) is 17.1. The van der Waals surface area contributed by atoms with E-state index in [1.54, 1.807) is 0 Å². The van der Waals surface area contributed by atoms with Crippen molar-refractivity contribution in [2.24, 2.45) is 50.7 Å². The largest absolute Gasteiger partial charge is 0.394 e. The fourth-order valence-electron chi connectivity index (χ4n) is 14.3. The van der Waals surface area contributed by atoms with Crippen LogP contribution in [0.15, 0.2) is 11.6 Å². The molecule has 55 heavy (non-hydrogen) atoms. The van der Waals surface area contributed by atoms with Crippen LogP contribution in [0, 0.1) is 50.7 Å². The van der Waals surface area contributed by atoms with Crippen molar-refractivity contribution >= 4 is 0 Å². The maximum absolute atomic E-state index is 12.4. The molecule has 0 aromatic rings. The summed E-state index contributed by atoms with van der Waals surface area (Å²) in [4.78, 5) is 0. The highest BCUT2D eigenvalue weighted by atomic mass is 16.7. The van der Waals surface area contributed by atoms with Gasteiger partial charge in [-0.1, -0.05) is 46.3 Å². The number of hydrogen-bond acceptors (Lipinski definition) is 13. The number of allylic oxidation sites excluding steroid dienone is 2. The lowest BCUT2D eigenvalue weighted by Crippen LogP contribution is -2.63. The van der Waals surface area contributed by atoms with Crippen LogP contribution in [0.2, 0.25) is 0 Å². The number of hydrogen-bond donors (Lipinski definition) is 9. The van der Waals surface area contributed by atoms with E-state index in [0.29, 0.717) is 19.3 Å². The average molecular weight is 783 g/mol. The Morgan fingerprint density at radius 2 is 1.33 bits per heavy atom. The minimum Gasteiger partial charge on any atom is -0.394 e. The summed E-state index contributed by atoms with van der Waals surface area (Å²) >= 11 is 0. The van der Waals surface area contributed by atoms with Crippen LogP contribution < -0.4 is 0 Å². The summed E-state index contributed by atoms with van der Waals surface area (Å²) in [5.41, 5.74) is 0.205. The van der Waals surface area contributed by atoms with Gasteiger partial charge < -0.3 is 64.9 Å². The van der Waals surface area contributed by atoms with Crippen LogP contribution in [0.3, 0.4) is 0 Å². The van der Waals surface area contributed by atoms with Gasteiger partial charge in [0.05, 0.1) is 31.5 Å². The number of rotatable bonds is 10. The first-order valence-corrected chi connectivity index (χ1v) is 21.0. The van der Waals surface area contributed by atoms with Crippen LogP contribution in [-0.4, -0.2) is 139 Å². The monoisotopic (exact) mass is 782 g/mol. The zero-order chi connectivity index (χ0) is 40.2. The number of aliphatic hydroxyl groups is 9. The lowest BCUT2D eigenvalue weighted by Gasteiger charge is -2.64. The Kier molecular flexibility index (Phi) is 11.4. The second kappa shape index (κ2) is 14.7. The molecular formula is C42H70O13. The molecule has 5 saturated carbocycles. The van der Waals surface area contributed by atoms with Gasteiger partial charge >= 0.3 is 0 Å². The van der Waals surface area contributed by atoms with Gasteiger partial charge in [-0.2, -0.15) is 0 Å². The molecule has 316 valence electrons. The Hall–Kier alpha value is -0.780. The van der Waals surface area contributed by atoms with Gasteiger partial charge in [-0.25, -0.2) is 0 Å². The standard InChI is InChI=1S/C42H70O13/c1-20(2)9-8-10-21(3)28-23(52-36-33(50)31(48)29(46)24(17-43)53-36)16-40(7)26-15-22(45)35-38(4,5)27(55-37-34(51)32(49)30(47)25(18-44)54-37)11-12-42(35)19-41(26,42)14-13-39(28,40)6/h9,21-37,43-51H,8,10-19H2,1-7H3. The molecule has 0 bridgehead atoms. The lowest BCUT2D eigenvalue weighted by molar-refractivity contribution is -0.329. The summed E-state index contributed by atoms with van der Waals surface area (Å²) in [5, 5.41) is 96.0. The second-order valence-corrected chi connectivity index (χ2v) is 20.3. The molecule has 21 unspecified atom stereocenters. The van der Waals surface area contributed by atoms with Gasteiger partial charge in [0.2, 0.25) is 0 Å². The summed E-state index contributed by atoms with van der Waals surface area (Å²) in [5.74, 6) is 0.431. The van der Waals surface area contributed by atoms with Gasteiger partial charge in [0, 0.05) is 0 Å². The first-order chi connectivity index (χ1) is 25.7. The normalized spacial score (nSPS) is 54.7. The molecule has 7 fully saturated rings. The Bertz CT molecular complexity index is 1420. The molecule has 7 aliphatic rings. The number of fused-ring (bicyclic) bond motifs is 2. The molecule has 0 aromatic carbocycles. The van der Waals surface area contributed by atoms with Crippen molar-refractivity contribution in [3.8, 4) is 0 Å². The van der Waals surface area contributed by atoms with E-state index in [0.717, 1.165) is 38.5 Å². The van der Waals surface area contributed by atoms with E-state index in [1.165, 1.54) is 5.57 Å². The number of aliphatic hydroxyl groups excluding tert-OH is 9. The maximum Gasteiger partial charge on any atom is 0.186 e. The molecule has 0 aromatic heterocycles. The van der Waals surface area contributed by atoms with Crippen molar-refractivity contribution in [3.05, 3.63) is 11.6 Å². The predicted octanol–water partition coefficient (Wildman–Crippen LogP) is 1.76.